The monoisotopic (exact) mass is 538 g/mol. The first-order valence-corrected chi connectivity index (χ1v) is 13.7. The summed E-state index contributed by atoms with van der Waals surface area (Å²) in [4.78, 5) is 41.5. The minimum atomic E-state index is -0.906. The molecule has 4 aromatic rings. The Morgan fingerprint density at radius 2 is 1.65 bits per heavy atom. The van der Waals surface area contributed by atoms with Crippen LogP contribution in [0.1, 0.15) is 56.2 Å². The van der Waals surface area contributed by atoms with Gasteiger partial charge in [0.25, 0.3) is 0 Å². The molecule has 40 heavy (non-hydrogen) atoms. The van der Waals surface area contributed by atoms with Gasteiger partial charge in [0, 0.05) is 24.3 Å². The van der Waals surface area contributed by atoms with Crippen LogP contribution in [-0.4, -0.2) is 38.8 Å². The normalized spacial score (nSPS) is 14.4. The maximum absolute atomic E-state index is 14.2. The van der Waals surface area contributed by atoms with Crippen LogP contribution in [0.2, 0.25) is 0 Å². The summed E-state index contributed by atoms with van der Waals surface area (Å²) < 4.78 is 1.56. The highest BCUT2D eigenvalue weighted by molar-refractivity contribution is 6.02. The van der Waals surface area contributed by atoms with Crippen molar-refractivity contribution in [1.29, 1.82) is 0 Å². The first-order valence-electron chi connectivity index (χ1n) is 13.7. The fourth-order valence-electron chi connectivity index (χ4n) is 5.40. The number of hydrogen-bond acceptors (Lipinski definition) is 5. The molecule has 0 bridgehead atoms. The Morgan fingerprint density at radius 3 is 2.38 bits per heavy atom. The van der Waals surface area contributed by atoms with Crippen molar-refractivity contribution in [3.8, 4) is 0 Å². The summed E-state index contributed by atoms with van der Waals surface area (Å²) in [5, 5.41) is 14.4. The average molecular weight is 539 g/mol. The summed E-state index contributed by atoms with van der Waals surface area (Å²) in [5.74, 6) is -0.720. The zero-order valence-electron chi connectivity index (χ0n) is 22.8. The number of benzene rings is 3. The second-order valence-electron chi connectivity index (χ2n) is 10.3. The number of anilines is 2. The zero-order chi connectivity index (χ0) is 28.1. The highest BCUT2D eigenvalue weighted by atomic mass is 16.2. The molecular formula is C31H34N6O3. The van der Waals surface area contributed by atoms with Gasteiger partial charge >= 0.3 is 0 Å². The molecule has 9 heteroatoms. The zero-order valence-corrected chi connectivity index (χ0v) is 22.8. The van der Waals surface area contributed by atoms with E-state index < -0.39 is 6.04 Å². The van der Waals surface area contributed by atoms with E-state index in [4.69, 9.17) is 0 Å². The van der Waals surface area contributed by atoms with Gasteiger partial charge in [-0.3, -0.25) is 19.3 Å². The highest BCUT2D eigenvalue weighted by Gasteiger charge is 2.35. The van der Waals surface area contributed by atoms with E-state index >= 15 is 0 Å². The van der Waals surface area contributed by atoms with Gasteiger partial charge in [-0.25, -0.2) is 4.68 Å². The number of nitrogens with zero attached hydrogens (tertiary/aromatic N) is 4. The number of para-hydroxylation sites is 1. The molecule has 1 heterocycles. The molecule has 3 amide bonds. The van der Waals surface area contributed by atoms with Gasteiger partial charge in [0.1, 0.15) is 18.1 Å². The SMILES string of the molecule is CC(=O)Nc1ccc(N(C(=O)Cn2nnc3ccccc32)[C@@H](C(=O)NC2CCCCC2)c2ccccc2C)cc1. The van der Waals surface area contributed by atoms with Crippen molar-refractivity contribution in [2.75, 3.05) is 10.2 Å². The van der Waals surface area contributed by atoms with Crippen LogP contribution >= 0.6 is 0 Å². The molecule has 5 rings (SSSR count). The smallest absolute Gasteiger partial charge is 0.249 e. The second-order valence-corrected chi connectivity index (χ2v) is 10.3. The quantitative estimate of drug-likeness (QED) is 0.331. The fourth-order valence-corrected chi connectivity index (χ4v) is 5.40. The number of amides is 3. The van der Waals surface area contributed by atoms with Gasteiger partial charge in [0.15, 0.2) is 0 Å². The van der Waals surface area contributed by atoms with Crippen LogP contribution in [0.4, 0.5) is 11.4 Å². The van der Waals surface area contributed by atoms with Gasteiger partial charge in [-0.15, -0.1) is 5.10 Å². The van der Waals surface area contributed by atoms with Crippen LogP contribution in [0.25, 0.3) is 11.0 Å². The van der Waals surface area contributed by atoms with E-state index in [2.05, 4.69) is 20.9 Å². The molecule has 1 fully saturated rings. The highest BCUT2D eigenvalue weighted by Crippen LogP contribution is 2.32. The van der Waals surface area contributed by atoms with Crippen molar-refractivity contribution in [2.45, 2.75) is 64.6 Å². The molecule has 0 spiro atoms. The second kappa shape index (κ2) is 12.1. The molecule has 0 saturated heterocycles. The van der Waals surface area contributed by atoms with Gasteiger partial charge in [-0.05, 0) is 67.3 Å². The standard InChI is InChI=1S/C31H34N6O3/c1-21-10-6-7-13-26(21)30(31(40)33-23-11-4-3-5-12-23)37(25-18-16-24(17-19-25)32-22(2)38)29(39)20-36-28-15-9-8-14-27(28)34-35-36/h6-10,13-19,23,30H,3-5,11-12,20H2,1-2H3,(H,32,38)(H,33,40)/t30-/m1/s1. The van der Waals surface area contributed by atoms with Crippen molar-refractivity contribution < 1.29 is 14.4 Å². The summed E-state index contributed by atoms with van der Waals surface area (Å²) in [6.45, 7) is 3.28. The Balaban J connectivity index is 1.57. The molecule has 0 radical (unpaired) electrons. The molecule has 1 aliphatic rings. The molecule has 0 aliphatic heterocycles. The van der Waals surface area contributed by atoms with E-state index in [1.807, 2.05) is 55.5 Å². The van der Waals surface area contributed by atoms with Gasteiger partial charge in [-0.1, -0.05) is 60.9 Å². The number of fused-ring (bicyclic) bond motifs is 1. The van der Waals surface area contributed by atoms with Crippen LogP contribution in [-0.2, 0) is 20.9 Å². The number of hydrogen-bond donors (Lipinski definition) is 2. The molecule has 2 N–H and O–H groups in total. The minimum absolute atomic E-state index is 0.0751. The van der Waals surface area contributed by atoms with Crippen molar-refractivity contribution in [2.24, 2.45) is 0 Å². The van der Waals surface area contributed by atoms with Crippen molar-refractivity contribution in [1.82, 2.24) is 20.3 Å². The predicted molar refractivity (Wildman–Crippen MR) is 155 cm³/mol. The summed E-state index contributed by atoms with van der Waals surface area (Å²) in [7, 11) is 0. The number of aryl methyl sites for hydroxylation is 1. The Kier molecular flexibility index (Phi) is 8.19. The molecule has 1 aliphatic carbocycles. The molecule has 1 saturated carbocycles. The largest absolute Gasteiger partial charge is 0.351 e. The Morgan fingerprint density at radius 1 is 0.950 bits per heavy atom. The lowest BCUT2D eigenvalue weighted by Crippen LogP contribution is -2.48. The average Bonchev–Trinajstić information content (AvgIpc) is 3.35. The van der Waals surface area contributed by atoms with Crippen LogP contribution in [0.5, 0.6) is 0 Å². The maximum atomic E-state index is 14.2. The first kappa shape index (κ1) is 27.1. The number of aromatic nitrogens is 3. The summed E-state index contributed by atoms with van der Waals surface area (Å²) in [6, 6.07) is 21.2. The number of nitrogens with one attached hydrogen (secondary N) is 2. The van der Waals surface area contributed by atoms with Crippen molar-refractivity contribution in [3.63, 3.8) is 0 Å². The van der Waals surface area contributed by atoms with Crippen molar-refractivity contribution >= 4 is 40.1 Å². The molecule has 3 aromatic carbocycles. The van der Waals surface area contributed by atoms with E-state index in [1.54, 1.807) is 33.8 Å². The molecule has 206 valence electrons. The fraction of sp³-hybridized carbons (Fsp3) is 0.323. The van der Waals surface area contributed by atoms with Crippen LogP contribution in [0.15, 0.2) is 72.8 Å². The lowest BCUT2D eigenvalue weighted by molar-refractivity contribution is -0.127. The maximum Gasteiger partial charge on any atom is 0.249 e. The van der Waals surface area contributed by atoms with Crippen LogP contribution in [0.3, 0.4) is 0 Å². The van der Waals surface area contributed by atoms with E-state index in [9.17, 15) is 14.4 Å². The van der Waals surface area contributed by atoms with Crippen LogP contribution < -0.4 is 15.5 Å². The third-order valence-electron chi connectivity index (χ3n) is 7.38. The number of rotatable bonds is 8. The predicted octanol–water partition coefficient (Wildman–Crippen LogP) is 4.92. The van der Waals surface area contributed by atoms with Gasteiger partial charge in [0.05, 0.1) is 5.52 Å². The van der Waals surface area contributed by atoms with Crippen LogP contribution in [0, 0.1) is 6.92 Å². The molecular weight excluding hydrogens is 504 g/mol. The molecule has 1 atom stereocenters. The van der Waals surface area contributed by atoms with Gasteiger partial charge in [0.2, 0.25) is 17.7 Å². The number of carbonyl (C=O) groups excluding carboxylic acids is 3. The van der Waals surface area contributed by atoms with E-state index in [1.165, 1.54) is 13.3 Å². The first-order chi connectivity index (χ1) is 19.4. The summed E-state index contributed by atoms with van der Waals surface area (Å²) in [5.41, 5.74) is 4.22. The number of carbonyl (C=O) groups is 3. The lowest BCUT2D eigenvalue weighted by atomic mass is 9.93. The third-order valence-corrected chi connectivity index (χ3v) is 7.38. The van der Waals surface area contributed by atoms with E-state index in [-0.39, 0.29) is 30.3 Å². The van der Waals surface area contributed by atoms with Gasteiger partial charge < -0.3 is 10.6 Å². The third kappa shape index (κ3) is 6.03. The summed E-state index contributed by atoms with van der Waals surface area (Å²) in [6.07, 6.45) is 5.18. The topological polar surface area (TPSA) is 109 Å². The Hall–Kier alpha value is -4.53. The van der Waals surface area contributed by atoms with Gasteiger partial charge in [-0.2, -0.15) is 0 Å². The van der Waals surface area contributed by atoms with E-state index in [0.717, 1.165) is 42.3 Å². The minimum Gasteiger partial charge on any atom is -0.351 e. The lowest BCUT2D eigenvalue weighted by Gasteiger charge is -2.34. The summed E-state index contributed by atoms with van der Waals surface area (Å²) >= 11 is 0. The Labute approximate surface area is 233 Å². The molecule has 9 nitrogen and oxygen atoms in total. The van der Waals surface area contributed by atoms with Crippen molar-refractivity contribution in [3.05, 3.63) is 83.9 Å². The molecule has 0 unspecified atom stereocenters. The molecule has 1 aromatic heterocycles. The van der Waals surface area contributed by atoms with E-state index in [0.29, 0.717) is 16.9 Å². The Bertz CT molecular complexity index is 1510.